The molecule has 5 nitrogen and oxygen atoms in total. The number of hydrogen-bond acceptors (Lipinski definition) is 5. The van der Waals surface area contributed by atoms with Crippen LogP contribution in [0.5, 0.6) is 0 Å². The smallest absolute Gasteiger partial charge is 0.229 e. The number of fused-ring (bicyclic) bond motifs is 1. The second kappa shape index (κ2) is 5.61. The lowest BCUT2D eigenvalue weighted by atomic mass is 10.1. The van der Waals surface area contributed by atoms with Gasteiger partial charge >= 0.3 is 0 Å². The van der Waals surface area contributed by atoms with Gasteiger partial charge in [-0.1, -0.05) is 30.3 Å². The van der Waals surface area contributed by atoms with E-state index in [-0.39, 0.29) is 0 Å². The molecule has 3 aromatic rings. The second-order valence-corrected chi connectivity index (χ2v) is 5.12. The summed E-state index contributed by atoms with van der Waals surface area (Å²) in [5, 5.41) is 14.7. The van der Waals surface area contributed by atoms with Crippen LogP contribution in [0.2, 0.25) is 0 Å². The second-order valence-electron chi connectivity index (χ2n) is 5.12. The number of aromatic nitrogens is 3. The fourth-order valence-corrected chi connectivity index (χ4v) is 2.25. The highest BCUT2D eigenvalue weighted by Gasteiger charge is 2.14. The molecule has 1 unspecified atom stereocenters. The average Bonchev–Trinajstić information content (AvgIpc) is 2.95. The molecule has 1 aromatic carbocycles. The third kappa shape index (κ3) is 2.78. The molecule has 0 aliphatic rings. The number of rotatable bonds is 4. The standard InChI is InChI=1S/C16H17N3O2/c1-3-11(20)9-15-18-16(19-21-15)14-8-10(2)12-6-4-5-7-13(12)17-14/h4-8,11,20H,3,9H2,1-2H3. The monoisotopic (exact) mass is 283 g/mol. The zero-order chi connectivity index (χ0) is 14.8. The minimum Gasteiger partial charge on any atom is -0.393 e. The fraction of sp³-hybridized carbons (Fsp3) is 0.312. The first-order chi connectivity index (χ1) is 10.2. The van der Waals surface area contributed by atoms with Gasteiger partial charge in [-0.3, -0.25) is 0 Å². The van der Waals surface area contributed by atoms with Gasteiger partial charge in [0.05, 0.1) is 18.0 Å². The first-order valence-corrected chi connectivity index (χ1v) is 7.04. The van der Waals surface area contributed by atoms with E-state index in [1.807, 2.05) is 44.2 Å². The summed E-state index contributed by atoms with van der Waals surface area (Å²) in [5.74, 6) is 0.897. The number of benzene rings is 1. The van der Waals surface area contributed by atoms with Crippen molar-refractivity contribution in [2.24, 2.45) is 0 Å². The number of nitrogens with zero attached hydrogens (tertiary/aromatic N) is 3. The maximum atomic E-state index is 9.63. The molecule has 108 valence electrons. The molecule has 0 amide bonds. The molecule has 0 saturated heterocycles. The molecule has 2 heterocycles. The molecule has 2 aromatic heterocycles. The zero-order valence-electron chi connectivity index (χ0n) is 12.1. The number of aliphatic hydroxyl groups is 1. The number of aryl methyl sites for hydroxylation is 1. The van der Waals surface area contributed by atoms with Gasteiger partial charge < -0.3 is 9.63 Å². The van der Waals surface area contributed by atoms with Crippen molar-refractivity contribution in [2.75, 3.05) is 0 Å². The van der Waals surface area contributed by atoms with Crippen molar-refractivity contribution < 1.29 is 9.63 Å². The van der Waals surface area contributed by atoms with Crippen molar-refractivity contribution in [3.63, 3.8) is 0 Å². The molecule has 0 bridgehead atoms. The van der Waals surface area contributed by atoms with Gasteiger partial charge in [-0.05, 0) is 31.0 Å². The number of pyridine rings is 1. The van der Waals surface area contributed by atoms with Crippen molar-refractivity contribution in [1.82, 2.24) is 15.1 Å². The third-order valence-corrected chi connectivity index (χ3v) is 3.50. The van der Waals surface area contributed by atoms with Gasteiger partial charge in [0.2, 0.25) is 11.7 Å². The Balaban J connectivity index is 1.97. The van der Waals surface area contributed by atoms with Crippen LogP contribution in [0.3, 0.4) is 0 Å². The van der Waals surface area contributed by atoms with Crippen LogP contribution in [0, 0.1) is 6.92 Å². The van der Waals surface area contributed by atoms with Crippen LogP contribution < -0.4 is 0 Å². The molecule has 0 spiro atoms. The van der Waals surface area contributed by atoms with Crippen LogP contribution in [0.4, 0.5) is 0 Å². The van der Waals surface area contributed by atoms with Crippen molar-refractivity contribution >= 4 is 10.9 Å². The van der Waals surface area contributed by atoms with Crippen molar-refractivity contribution in [1.29, 1.82) is 0 Å². The van der Waals surface area contributed by atoms with E-state index < -0.39 is 6.10 Å². The Bertz CT molecular complexity index is 767. The van der Waals surface area contributed by atoms with E-state index in [2.05, 4.69) is 15.1 Å². The molecule has 1 N–H and O–H groups in total. The van der Waals surface area contributed by atoms with E-state index in [1.54, 1.807) is 0 Å². The quantitative estimate of drug-likeness (QED) is 0.797. The Hall–Kier alpha value is -2.27. The first-order valence-electron chi connectivity index (χ1n) is 7.04. The third-order valence-electron chi connectivity index (χ3n) is 3.50. The Labute approximate surface area is 122 Å². The van der Waals surface area contributed by atoms with Crippen LogP contribution in [-0.4, -0.2) is 26.3 Å². The molecule has 0 radical (unpaired) electrons. The molecular formula is C16H17N3O2. The van der Waals surface area contributed by atoms with E-state index in [4.69, 9.17) is 4.52 Å². The maximum absolute atomic E-state index is 9.63. The van der Waals surface area contributed by atoms with E-state index in [0.717, 1.165) is 16.5 Å². The molecule has 0 fully saturated rings. The van der Waals surface area contributed by atoms with E-state index in [1.165, 1.54) is 0 Å². The molecule has 21 heavy (non-hydrogen) atoms. The SMILES string of the molecule is CCC(O)Cc1nc(-c2cc(C)c3ccccc3n2)no1. The van der Waals surface area contributed by atoms with E-state index in [0.29, 0.717) is 30.3 Å². The van der Waals surface area contributed by atoms with Crippen LogP contribution in [0.15, 0.2) is 34.9 Å². The summed E-state index contributed by atoms with van der Waals surface area (Å²) in [7, 11) is 0. The van der Waals surface area contributed by atoms with E-state index >= 15 is 0 Å². The highest BCUT2D eigenvalue weighted by Crippen LogP contribution is 2.22. The Morgan fingerprint density at radius 3 is 2.86 bits per heavy atom. The van der Waals surface area contributed by atoms with Gasteiger partial charge in [0.15, 0.2) is 0 Å². The van der Waals surface area contributed by atoms with Crippen molar-refractivity contribution in [2.45, 2.75) is 32.8 Å². The van der Waals surface area contributed by atoms with Crippen LogP contribution in [0.25, 0.3) is 22.4 Å². The molecule has 0 aliphatic heterocycles. The van der Waals surface area contributed by atoms with Crippen LogP contribution in [-0.2, 0) is 6.42 Å². The average molecular weight is 283 g/mol. The Morgan fingerprint density at radius 1 is 1.24 bits per heavy atom. The number of aliphatic hydroxyl groups excluding tert-OH is 1. The lowest BCUT2D eigenvalue weighted by Crippen LogP contribution is -2.08. The highest BCUT2D eigenvalue weighted by atomic mass is 16.5. The van der Waals surface area contributed by atoms with Crippen LogP contribution >= 0.6 is 0 Å². The topological polar surface area (TPSA) is 72.0 Å². The lowest BCUT2D eigenvalue weighted by Gasteiger charge is -2.03. The van der Waals surface area contributed by atoms with Gasteiger partial charge in [0.25, 0.3) is 0 Å². The minimum absolute atomic E-state index is 0.371. The van der Waals surface area contributed by atoms with Gasteiger partial charge in [0.1, 0.15) is 5.69 Å². The Morgan fingerprint density at radius 2 is 2.05 bits per heavy atom. The van der Waals surface area contributed by atoms with Crippen molar-refractivity contribution in [3.05, 3.63) is 41.8 Å². The summed E-state index contributed by atoms with van der Waals surface area (Å²) >= 11 is 0. The molecule has 0 saturated carbocycles. The largest absolute Gasteiger partial charge is 0.393 e. The molecule has 0 aliphatic carbocycles. The van der Waals surface area contributed by atoms with Crippen LogP contribution in [0.1, 0.15) is 24.8 Å². The zero-order valence-corrected chi connectivity index (χ0v) is 12.1. The van der Waals surface area contributed by atoms with Gasteiger partial charge in [-0.15, -0.1) is 0 Å². The summed E-state index contributed by atoms with van der Waals surface area (Å²) in [4.78, 5) is 8.89. The summed E-state index contributed by atoms with van der Waals surface area (Å²) in [6, 6.07) is 9.91. The van der Waals surface area contributed by atoms with Crippen molar-refractivity contribution in [3.8, 4) is 11.5 Å². The normalized spacial score (nSPS) is 12.7. The first kappa shape index (κ1) is 13.7. The highest BCUT2D eigenvalue weighted by molar-refractivity contribution is 5.84. The Kier molecular flexibility index (Phi) is 3.66. The molecule has 3 rings (SSSR count). The molecule has 1 atom stereocenters. The summed E-state index contributed by atoms with van der Waals surface area (Å²) < 4.78 is 5.18. The van der Waals surface area contributed by atoms with E-state index in [9.17, 15) is 5.11 Å². The minimum atomic E-state index is -0.454. The summed E-state index contributed by atoms with van der Waals surface area (Å²) in [5.41, 5.74) is 2.72. The fourth-order valence-electron chi connectivity index (χ4n) is 2.25. The maximum Gasteiger partial charge on any atom is 0.229 e. The van der Waals surface area contributed by atoms with Gasteiger partial charge in [-0.2, -0.15) is 4.98 Å². The van der Waals surface area contributed by atoms with Gasteiger partial charge in [0, 0.05) is 5.39 Å². The number of hydrogen-bond donors (Lipinski definition) is 1. The summed E-state index contributed by atoms with van der Waals surface area (Å²) in [6.07, 6.45) is 0.575. The molecular weight excluding hydrogens is 266 g/mol. The van der Waals surface area contributed by atoms with Gasteiger partial charge in [-0.25, -0.2) is 4.98 Å². The summed E-state index contributed by atoms with van der Waals surface area (Å²) in [6.45, 7) is 3.95. The lowest BCUT2D eigenvalue weighted by molar-refractivity contribution is 0.158. The predicted octanol–water partition coefficient (Wildman–Crippen LogP) is 2.91. The predicted molar refractivity (Wildman–Crippen MR) is 79.8 cm³/mol. The molecule has 5 heteroatoms. The number of para-hydroxylation sites is 1.